The first-order chi connectivity index (χ1) is 16.7. The highest BCUT2D eigenvalue weighted by Gasteiger charge is 2.19. The van der Waals surface area contributed by atoms with E-state index in [0.29, 0.717) is 30.5 Å². The molecular weight excluding hydrogens is 454 g/mol. The summed E-state index contributed by atoms with van der Waals surface area (Å²) in [5, 5.41) is 0. The van der Waals surface area contributed by atoms with Gasteiger partial charge in [-0.15, -0.1) is 0 Å². The second kappa shape index (κ2) is 13.6. The van der Waals surface area contributed by atoms with E-state index in [0.717, 1.165) is 25.7 Å². The molecule has 2 aromatic heterocycles. The van der Waals surface area contributed by atoms with Crippen LogP contribution >= 0.6 is 0 Å². The average Bonchev–Trinajstić information content (AvgIpc) is 3.19. The third-order valence-electron chi connectivity index (χ3n) is 5.67. The Kier molecular flexibility index (Phi) is 10.8. The molecule has 1 N–H and O–H groups in total. The summed E-state index contributed by atoms with van der Waals surface area (Å²) in [5.41, 5.74) is 1.13. The first kappa shape index (κ1) is 28.0. The second-order valence-corrected chi connectivity index (χ2v) is 8.60. The fourth-order valence-electron chi connectivity index (χ4n) is 3.96. The lowest BCUT2D eigenvalue weighted by Crippen LogP contribution is -2.15. The van der Waals surface area contributed by atoms with E-state index in [1.165, 1.54) is 42.8 Å². The predicted octanol–water partition coefficient (Wildman–Crippen LogP) is 5.91. The van der Waals surface area contributed by atoms with E-state index in [1.807, 2.05) is 0 Å². The Labute approximate surface area is 204 Å². The van der Waals surface area contributed by atoms with Crippen molar-refractivity contribution < 1.29 is 23.1 Å². The third kappa shape index (κ3) is 8.16. The summed E-state index contributed by atoms with van der Waals surface area (Å²) in [4.78, 5) is 37.3. The maximum atomic E-state index is 13.6. The van der Waals surface area contributed by atoms with Crippen molar-refractivity contribution in [3.63, 3.8) is 0 Å². The number of halogens is 2. The number of aromatic amines is 1. The number of hydrogen-bond acceptors (Lipinski definition) is 4. The van der Waals surface area contributed by atoms with Gasteiger partial charge in [0.15, 0.2) is 17.3 Å². The summed E-state index contributed by atoms with van der Waals surface area (Å²) in [6.45, 7) is 5.66. The van der Waals surface area contributed by atoms with Crippen LogP contribution in [-0.2, 0) is 11.2 Å². The second-order valence-electron chi connectivity index (χ2n) is 8.60. The van der Waals surface area contributed by atoms with Crippen molar-refractivity contribution in [1.82, 2.24) is 9.38 Å². The lowest BCUT2D eigenvalue weighted by atomic mass is 9.90. The van der Waals surface area contributed by atoms with Crippen molar-refractivity contribution in [2.24, 2.45) is 5.92 Å². The number of methoxy groups -OCH3 is 1. The van der Waals surface area contributed by atoms with Crippen molar-refractivity contribution >= 4 is 17.1 Å². The van der Waals surface area contributed by atoms with Gasteiger partial charge in [0.25, 0.3) is 5.56 Å². The van der Waals surface area contributed by atoms with Gasteiger partial charge in [-0.25, -0.2) is 8.78 Å². The molecule has 0 aliphatic heterocycles. The summed E-state index contributed by atoms with van der Waals surface area (Å²) in [7, 11) is 1.41. The predicted molar refractivity (Wildman–Crippen MR) is 132 cm³/mol. The number of ether oxygens (including phenoxy) is 1. The molecule has 8 heteroatoms. The first-order valence-electron chi connectivity index (χ1n) is 12.0. The number of carbonyl (C=O) groups excluding carboxylic acids is 2. The summed E-state index contributed by atoms with van der Waals surface area (Å²) < 4.78 is 32.9. The van der Waals surface area contributed by atoms with E-state index in [9.17, 15) is 23.2 Å². The lowest BCUT2D eigenvalue weighted by Gasteiger charge is -2.14. The van der Waals surface area contributed by atoms with Crippen LogP contribution in [0.15, 0.2) is 41.5 Å². The van der Waals surface area contributed by atoms with Crippen LogP contribution in [0.3, 0.4) is 0 Å². The summed E-state index contributed by atoms with van der Waals surface area (Å²) >= 11 is 0. The normalized spacial score (nSPS) is 10.8. The number of nitrogens with zero attached hydrogens (tertiary/aromatic N) is 1. The zero-order valence-electron chi connectivity index (χ0n) is 20.8. The molecule has 0 unspecified atom stereocenters. The van der Waals surface area contributed by atoms with Crippen LogP contribution in [-0.4, -0.2) is 28.1 Å². The number of benzene rings is 1. The minimum Gasteiger partial charge on any atom is -0.494 e. The van der Waals surface area contributed by atoms with Gasteiger partial charge < -0.3 is 18.9 Å². The van der Waals surface area contributed by atoms with Gasteiger partial charge >= 0.3 is 0 Å². The first-order valence-corrected chi connectivity index (χ1v) is 12.0. The van der Waals surface area contributed by atoms with Gasteiger partial charge in [-0.1, -0.05) is 26.7 Å². The Balaban J connectivity index is 0.000000247. The lowest BCUT2D eigenvalue weighted by molar-refractivity contribution is -0.117. The Morgan fingerprint density at radius 1 is 1.09 bits per heavy atom. The zero-order chi connectivity index (χ0) is 26.0. The Hall–Kier alpha value is -3.29. The number of aromatic nitrogens is 2. The minimum atomic E-state index is -0.477. The van der Waals surface area contributed by atoms with E-state index in [-0.39, 0.29) is 34.3 Å². The smallest absolute Gasteiger partial charge is 0.272 e. The molecule has 0 amide bonds. The van der Waals surface area contributed by atoms with E-state index in [2.05, 4.69) is 18.8 Å². The molecule has 0 saturated heterocycles. The van der Waals surface area contributed by atoms with Gasteiger partial charge in [0.2, 0.25) is 0 Å². The fourth-order valence-corrected chi connectivity index (χ4v) is 3.96. The molecule has 0 fully saturated rings. The molecule has 190 valence electrons. The van der Waals surface area contributed by atoms with Gasteiger partial charge in [-0.05, 0) is 50.8 Å². The van der Waals surface area contributed by atoms with Gasteiger partial charge in [0.05, 0.1) is 7.11 Å². The summed E-state index contributed by atoms with van der Waals surface area (Å²) in [6.07, 6.45) is 8.37. The van der Waals surface area contributed by atoms with Gasteiger partial charge in [0, 0.05) is 42.1 Å². The van der Waals surface area contributed by atoms with Crippen LogP contribution in [0.1, 0.15) is 75.3 Å². The highest BCUT2D eigenvalue weighted by atomic mass is 19.1. The van der Waals surface area contributed by atoms with Crippen molar-refractivity contribution in [2.45, 2.75) is 65.7 Å². The number of hydrogen-bond donors (Lipinski definition) is 1. The average molecular weight is 489 g/mol. The Bertz CT molecular complexity index is 1190. The standard InChI is InChI=1S/C15H21FO2.C12H13FN2O2/c1-4-6-11(7-5-2)15(17)12-8-9-14(18-3)13(16)10-12;1-8(16)3-2-4-10-7-15-6-9(13)5-11(15)12(17)14-10/h8-11H,4-7H2,1-3H3;5-7H,2-4H2,1H3,(H,14,17). The number of carbonyl (C=O) groups is 2. The largest absolute Gasteiger partial charge is 0.494 e. The van der Waals surface area contributed by atoms with Crippen molar-refractivity contribution in [1.29, 1.82) is 0 Å². The Morgan fingerprint density at radius 2 is 1.77 bits per heavy atom. The third-order valence-corrected chi connectivity index (χ3v) is 5.67. The Morgan fingerprint density at radius 3 is 2.34 bits per heavy atom. The molecule has 0 bridgehead atoms. The molecule has 1 aromatic carbocycles. The van der Waals surface area contributed by atoms with Crippen molar-refractivity contribution in [2.75, 3.05) is 7.11 Å². The van der Waals surface area contributed by atoms with E-state index >= 15 is 0 Å². The van der Waals surface area contributed by atoms with E-state index in [4.69, 9.17) is 4.74 Å². The van der Waals surface area contributed by atoms with Crippen LogP contribution in [0.4, 0.5) is 8.78 Å². The number of fused-ring (bicyclic) bond motifs is 1. The minimum absolute atomic E-state index is 0.00722. The van der Waals surface area contributed by atoms with Gasteiger partial charge in [0.1, 0.15) is 17.1 Å². The molecule has 0 aliphatic rings. The molecule has 0 saturated carbocycles. The van der Waals surface area contributed by atoms with Crippen LogP contribution in [0.25, 0.3) is 5.52 Å². The monoisotopic (exact) mass is 488 g/mol. The molecule has 3 aromatic rings. The molecule has 6 nitrogen and oxygen atoms in total. The summed E-state index contributed by atoms with van der Waals surface area (Å²) in [6, 6.07) is 5.62. The highest BCUT2D eigenvalue weighted by Crippen LogP contribution is 2.23. The maximum absolute atomic E-state index is 13.6. The van der Waals surface area contributed by atoms with Crippen molar-refractivity contribution in [3.05, 3.63) is 69.9 Å². The molecule has 0 radical (unpaired) electrons. The number of rotatable bonds is 11. The fraction of sp³-hybridized carbons (Fsp3) is 0.444. The van der Waals surface area contributed by atoms with Gasteiger partial charge in [-0.2, -0.15) is 0 Å². The summed E-state index contributed by atoms with van der Waals surface area (Å²) in [5.74, 6) is -0.561. The van der Waals surface area contributed by atoms with Gasteiger partial charge in [-0.3, -0.25) is 9.59 Å². The number of ketones is 2. The quantitative estimate of drug-likeness (QED) is 0.340. The van der Waals surface area contributed by atoms with E-state index < -0.39 is 11.6 Å². The maximum Gasteiger partial charge on any atom is 0.272 e. The molecule has 2 heterocycles. The molecule has 0 spiro atoms. The molecular formula is C27H34F2N2O4. The number of nitrogens with one attached hydrogen (secondary N) is 1. The van der Waals surface area contributed by atoms with Crippen LogP contribution in [0.2, 0.25) is 0 Å². The molecule has 0 atom stereocenters. The SMILES string of the molecule is CC(=O)CCCc1cn2cc(F)cc2c(=O)[nH]1.CCCC(CCC)C(=O)c1ccc(OC)c(F)c1. The van der Waals surface area contributed by atoms with Crippen LogP contribution in [0, 0.1) is 17.6 Å². The van der Waals surface area contributed by atoms with E-state index in [1.54, 1.807) is 12.3 Å². The van der Waals surface area contributed by atoms with Crippen LogP contribution in [0.5, 0.6) is 5.75 Å². The topological polar surface area (TPSA) is 80.6 Å². The highest BCUT2D eigenvalue weighted by molar-refractivity contribution is 5.98. The number of H-pyrrole nitrogens is 1. The number of Topliss-reactive ketones (excluding diaryl/α,β-unsaturated/α-hetero) is 2. The molecule has 3 rings (SSSR count). The zero-order valence-corrected chi connectivity index (χ0v) is 20.8. The molecule has 35 heavy (non-hydrogen) atoms. The number of aryl methyl sites for hydroxylation is 1. The molecule has 0 aliphatic carbocycles. The van der Waals surface area contributed by atoms with Crippen molar-refractivity contribution in [3.8, 4) is 5.75 Å². The van der Waals surface area contributed by atoms with Crippen LogP contribution < -0.4 is 10.3 Å².